The second-order valence-corrected chi connectivity index (χ2v) is 6.95. The molecule has 1 aromatic carbocycles. The maximum absolute atomic E-state index is 14.2. The number of likely N-dealkylation sites (tertiary alicyclic amines) is 1. The summed E-state index contributed by atoms with van der Waals surface area (Å²) in [4.78, 5) is 14.0. The SMILES string of the molecule is C=CC(=O)N1CCC[C@]1(C)CNC(=NNC)/C(=C\N)C(N)c1ccccc1F. The summed E-state index contributed by atoms with van der Waals surface area (Å²) >= 11 is 0. The highest BCUT2D eigenvalue weighted by molar-refractivity contribution is 5.99. The molecule has 0 aromatic heterocycles. The number of nitrogens with one attached hydrogen (secondary N) is 2. The highest BCUT2D eigenvalue weighted by atomic mass is 19.1. The van der Waals surface area contributed by atoms with E-state index in [-0.39, 0.29) is 5.91 Å². The Morgan fingerprint density at radius 2 is 2.21 bits per heavy atom. The molecule has 1 fully saturated rings. The van der Waals surface area contributed by atoms with Crippen LogP contribution >= 0.6 is 0 Å². The molecule has 2 atom stereocenters. The van der Waals surface area contributed by atoms with E-state index in [1.165, 1.54) is 18.3 Å². The van der Waals surface area contributed by atoms with Crippen molar-refractivity contribution in [2.24, 2.45) is 16.6 Å². The Labute approximate surface area is 165 Å². The molecule has 28 heavy (non-hydrogen) atoms. The fourth-order valence-electron chi connectivity index (χ4n) is 3.51. The van der Waals surface area contributed by atoms with E-state index >= 15 is 0 Å². The fraction of sp³-hybridized carbons (Fsp3) is 0.400. The van der Waals surface area contributed by atoms with Crippen molar-refractivity contribution in [1.29, 1.82) is 0 Å². The lowest BCUT2D eigenvalue weighted by atomic mass is 9.96. The number of amidine groups is 1. The van der Waals surface area contributed by atoms with Gasteiger partial charge in [0.1, 0.15) is 5.82 Å². The van der Waals surface area contributed by atoms with Gasteiger partial charge >= 0.3 is 0 Å². The van der Waals surface area contributed by atoms with Crippen LogP contribution in [0.2, 0.25) is 0 Å². The number of hydrazone groups is 1. The normalized spacial score (nSPS) is 21.4. The topological polar surface area (TPSA) is 109 Å². The molecule has 1 aliphatic rings. The first kappa shape index (κ1) is 21.4. The van der Waals surface area contributed by atoms with Gasteiger partial charge in [0, 0.05) is 37.5 Å². The third-order valence-electron chi connectivity index (χ3n) is 5.08. The molecule has 1 aromatic rings. The Morgan fingerprint density at radius 1 is 1.50 bits per heavy atom. The number of nitrogens with two attached hydrogens (primary N) is 2. The lowest BCUT2D eigenvalue weighted by molar-refractivity contribution is -0.129. The minimum Gasteiger partial charge on any atom is -0.404 e. The van der Waals surface area contributed by atoms with Crippen molar-refractivity contribution < 1.29 is 9.18 Å². The summed E-state index contributed by atoms with van der Waals surface area (Å²) in [6.07, 6.45) is 4.40. The summed E-state index contributed by atoms with van der Waals surface area (Å²) < 4.78 is 14.2. The highest BCUT2D eigenvalue weighted by Crippen LogP contribution is 2.29. The molecule has 1 saturated heterocycles. The van der Waals surface area contributed by atoms with Crippen molar-refractivity contribution in [2.75, 3.05) is 20.1 Å². The second kappa shape index (κ2) is 9.36. The zero-order chi connectivity index (χ0) is 20.7. The number of hydrogen-bond acceptors (Lipinski definition) is 5. The first-order valence-electron chi connectivity index (χ1n) is 9.22. The molecule has 1 unspecified atom stereocenters. The first-order chi connectivity index (χ1) is 13.4. The van der Waals surface area contributed by atoms with Crippen LogP contribution in [0.15, 0.2) is 53.8 Å². The Balaban J connectivity index is 2.22. The van der Waals surface area contributed by atoms with Crippen molar-refractivity contribution in [3.63, 3.8) is 0 Å². The molecule has 1 heterocycles. The lowest BCUT2D eigenvalue weighted by Crippen LogP contribution is -2.52. The van der Waals surface area contributed by atoms with E-state index in [9.17, 15) is 9.18 Å². The van der Waals surface area contributed by atoms with Gasteiger partial charge < -0.3 is 27.1 Å². The maximum atomic E-state index is 14.2. The molecular weight excluding hydrogens is 359 g/mol. The van der Waals surface area contributed by atoms with Gasteiger partial charge in [-0.3, -0.25) is 4.79 Å². The molecule has 0 saturated carbocycles. The van der Waals surface area contributed by atoms with E-state index in [4.69, 9.17) is 11.5 Å². The Bertz CT molecular complexity index is 778. The van der Waals surface area contributed by atoms with Gasteiger partial charge in [0.25, 0.3) is 0 Å². The van der Waals surface area contributed by atoms with Crippen molar-refractivity contribution in [3.05, 3.63) is 60.1 Å². The maximum Gasteiger partial charge on any atom is 0.246 e. The van der Waals surface area contributed by atoms with Crippen molar-refractivity contribution >= 4 is 11.7 Å². The van der Waals surface area contributed by atoms with Crippen LogP contribution in [0.4, 0.5) is 4.39 Å². The summed E-state index contributed by atoms with van der Waals surface area (Å²) in [7, 11) is 1.65. The van der Waals surface area contributed by atoms with Crippen molar-refractivity contribution in [2.45, 2.75) is 31.3 Å². The Kier molecular flexibility index (Phi) is 7.17. The molecule has 7 nitrogen and oxygen atoms in total. The Morgan fingerprint density at radius 3 is 2.82 bits per heavy atom. The summed E-state index contributed by atoms with van der Waals surface area (Å²) in [6.45, 7) is 6.70. The van der Waals surface area contributed by atoms with Gasteiger partial charge in [-0.25, -0.2) is 4.39 Å². The zero-order valence-electron chi connectivity index (χ0n) is 16.4. The molecule has 0 aliphatic carbocycles. The number of nitrogens with zero attached hydrogens (tertiary/aromatic N) is 2. The smallest absolute Gasteiger partial charge is 0.246 e. The van der Waals surface area contributed by atoms with Gasteiger partial charge in [-0.2, -0.15) is 5.10 Å². The predicted octanol–water partition coefficient (Wildman–Crippen LogP) is 1.36. The molecule has 0 bridgehead atoms. The summed E-state index contributed by atoms with van der Waals surface area (Å²) in [5, 5.41) is 7.48. The van der Waals surface area contributed by atoms with Gasteiger partial charge in [0.15, 0.2) is 5.84 Å². The average Bonchev–Trinajstić information content (AvgIpc) is 3.08. The summed E-state index contributed by atoms with van der Waals surface area (Å²) in [6, 6.07) is 5.48. The highest BCUT2D eigenvalue weighted by Gasteiger charge is 2.39. The van der Waals surface area contributed by atoms with E-state index in [1.54, 1.807) is 30.1 Å². The van der Waals surface area contributed by atoms with Crippen LogP contribution < -0.4 is 22.2 Å². The van der Waals surface area contributed by atoms with Crippen LogP contribution in [0.3, 0.4) is 0 Å². The lowest BCUT2D eigenvalue weighted by Gasteiger charge is -2.35. The number of amides is 1. The molecule has 8 heteroatoms. The number of carbonyl (C=O) groups excluding carboxylic acids is 1. The van der Waals surface area contributed by atoms with Crippen molar-refractivity contribution in [1.82, 2.24) is 15.6 Å². The minimum atomic E-state index is -0.798. The minimum absolute atomic E-state index is 0.105. The molecule has 152 valence electrons. The van der Waals surface area contributed by atoms with E-state index in [0.717, 1.165) is 12.8 Å². The van der Waals surface area contributed by atoms with Crippen molar-refractivity contribution in [3.8, 4) is 0 Å². The number of hydrogen-bond donors (Lipinski definition) is 4. The average molecular weight is 388 g/mol. The monoisotopic (exact) mass is 388 g/mol. The van der Waals surface area contributed by atoms with Crippen LogP contribution in [0.25, 0.3) is 0 Å². The molecule has 1 aliphatic heterocycles. The third-order valence-corrected chi connectivity index (χ3v) is 5.08. The standard InChI is InChI=1S/C20H29FN6O/c1-4-17(28)27-11-7-10-20(27,2)13-25-19(26-24-3)15(12-22)18(23)14-8-5-6-9-16(14)21/h4-6,8-9,12,18,24H,1,7,10-11,13,22-23H2,2-3H3,(H,25,26)/b15-12-/t18?,20-/m1/s1. The summed E-state index contributed by atoms with van der Waals surface area (Å²) in [5.74, 6) is -0.116. The molecule has 0 radical (unpaired) electrons. The van der Waals surface area contributed by atoms with E-state index in [1.807, 2.05) is 6.92 Å². The van der Waals surface area contributed by atoms with Gasteiger partial charge in [0.05, 0.1) is 11.6 Å². The van der Waals surface area contributed by atoms with Gasteiger partial charge in [0.2, 0.25) is 5.91 Å². The van der Waals surface area contributed by atoms with Gasteiger partial charge in [-0.15, -0.1) is 0 Å². The largest absolute Gasteiger partial charge is 0.404 e. The quantitative estimate of drug-likeness (QED) is 0.244. The van der Waals surface area contributed by atoms with Gasteiger partial charge in [-0.05, 0) is 31.9 Å². The Hall–Kier alpha value is -2.87. The summed E-state index contributed by atoms with van der Waals surface area (Å²) in [5.41, 5.74) is 15.2. The van der Waals surface area contributed by atoms with Gasteiger partial charge in [-0.1, -0.05) is 24.8 Å². The zero-order valence-corrected chi connectivity index (χ0v) is 16.4. The molecule has 0 spiro atoms. The number of benzene rings is 1. The number of rotatable bonds is 7. The van der Waals surface area contributed by atoms with Crippen LogP contribution in [0.5, 0.6) is 0 Å². The number of halogens is 1. The van der Waals surface area contributed by atoms with E-state index in [0.29, 0.717) is 30.1 Å². The van der Waals surface area contributed by atoms with E-state index < -0.39 is 17.4 Å². The van der Waals surface area contributed by atoms with Crippen LogP contribution in [-0.4, -0.2) is 42.3 Å². The second-order valence-electron chi connectivity index (χ2n) is 6.95. The molecule has 2 rings (SSSR count). The molecule has 1 amide bonds. The fourth-order valence-corrected chi connectivity index (χ4v) is 3.51. The molecule has 6 N–H and O–H groups in total. The van der Waals surface area contributed by atoms with Crippen LogP contribution in [0, 0.1) is 5.82 Å². The third kappa shape index (κ3) is 4.51. The molecular formula is C20H29FN6O. The van der Waals surface area contributed by atoms with Crippen LogP contribution in [0.1, 0.15) is 31.4 Å². The van der Waals surface area contributed by atoms with E-state index in [2.05, 4.69) is 22.4 Å². The predicted molar refractivity (Wildman–Crippen MR) is 110 cm³/mol. The first-order valence-corrected chi connectivity index (χ1v) is 9.22. The van der Waals surface area contributed by atoms with Crippen LogP contribution in [-0.2, 0) is 4.79 Å². The number of carbonyl (C=O) groups is 1.